The molecule has 0 spiro atoms. The number of hydrogen-bond donors (Lipinski definition) is 1. The first kappa shape index (κ1) is 13.7. The second-order valence-corrected chi connectivity index (χ2v) is 4.83. The molecule has 0 saturated heterocycles. The maximum atomic E-state index is 11.6. The van der Waals surface area contributed by atoms with E-state index in [0.717, 1.165) is 18.8 Å². The van der Waals surface area contributed by atoms with Crippen LogP contribution >= 0.6 is 0 Å². The van der Waals surface area contributed by atoms with Crippen LogP contribution in [0.1, 0.15) is 19.5 Å². The summed E-state index contributed by atoms with van der Waals surface area (Å²) < 4.78 is 1.88. The van der Waals surface area contributed by atoms with E-state index in [4.69, 9.17) is 0 Å². The van der Waals surface area contributed by atoms with Gasteiger partial charge in [0, 0.05) is 26.8 Å². The molecule has 0 bridgehead atoms. The fourth-order valence-electron chi connectivity index (χ4n) is 1.41. The van der Waals surface area contributed by atoms with Crippen molar-refractivity contribution in [2.75, 3.05) is 20.6 Å². The Bertz CT molecular complexity index is 357. The fraction of sp³-hybridized carbons (Fsp3) is 0.667. The molecule has 5 nitrogen and oxygen atoms in total. The Balaban J connectivity index is 2.51. The lowest BCUT2D eigenvalue weighted by Crippen LogP contribution is -2.28. The summed E-state index contributed by atoms with van der Waals surface area (Å²) in [5, 5.41) is 3.34. The van der Waals surface area contributed by atoms with Crippen molar-refractivity contribution in [1.29, 1.82) is 0 Å². The molecule has 17 heavy (non-hydrogen) atoms. The molecule has 5 heteroatoms. The third-order valence-electron chi connectivity index (χ3n) is 2.46. The molecule has 1 aromatic rings. The normalized spacial score (nSPS) is 10.9. The Hall–Kier alpha value is -1.36. The summed E-state index contributed by atoms with van der Waals surface area (Å²) in [5.74, 6) is 0.697. The zero-order valence-corrected chi connectivity index (χ0v) is 11.1. The maximum Gasteiger partial charge on any atom is 0.242 e. The van der Waals surface area contributed by atoms with Gasteiger partial charge in [0.1, 0.15) is 6.54 Å². The van der Waals surface area contributed by atoms with E-state index in [1.165, 1.54) is 0 Å². The highest BCUT2D eigenvalue weighted by atomic mass is 16.2. The first-order valence-corrected chi connectivity index (χ1v) is 5.90. The van der Waals surface area contributed by atoms with Gasteiger partial charge in [-0.3, -0.25) is 4.79 Å². The van der Waals surface area contributed by atoms with Crippen LogP contribution in [0, 0.1) is 5.92 Å². The Kier molecular flexibility index (Phi) is 5.15. The molecule has 1 N–H and O–H groups in total. The van der Waals surface area contributed by atoms with Crippen molar-refractivity contribution in [3.63, 3.8) is 0 Å². The molecule has 0 unspecified atom stereocenters. The van der Waals surface area contributed by atoms with Crippen LogP contribution in [0.4, 0.5) is 0 Å². The monoisotopic (exact) mass is 238 g/mol. The molecule has 0 atom stereocenters. The molecule has 1 rings (SSSR count). The van der Waals surface area contributed by atoms with Gasteiger partial charge in [0.05, 0.1) is 12.0 Å². The number of likely N-dealkylation sites (N-methyl/N-ethyl adjacent to an activating group) is 1. The molecule has 0 radical (unpaired) electrons. The zero-order valence-electron chi connectivity index (χ0n) is 11.1. The van der Waals surface area contributed by atoms with Crippen molar-refractivity contribution in [2.45, 2.75) is 26.9 Å². The van der Waals surface area contributed by atoms with Crippen molar-refractivity contribution >= 4 is 5.91 Å². The number of nitrogens with one attached hydrogen (secondary N) is 1. The summed E-state index contributed by atoms with van der Waals surface area (Å²) in [7, 11) is 3.52. The van der Waals surface area contributed by atoms with Crippen LogP contribution < -0.4 is 5.32 Å². The van der Waals surface area contributed by atoms with E-state index in [9.17, 15) is 4.79 Å². The van der Waals surface area contributed by atoms with Crippen molar-refractivity contribution in [3.05, 3.63) is 18.2 Å². The molecule has 0 aliphatic rings. The van der Waals surface area contributed by atoms with Crippen LogP contribution in [-0.2, 0) is 17.9 Å². The van der Waals surface area contributed by atoms with Gasteiger partial charge in [-0.05, 0) is 12.5 Å². The lowest BCUT2D eigenvalue weighted by Gasteiger charge is -2.13. The van der Waals surface area contributed by atoms with Gasteiger partial charge >= 0.3 is 0 Å². The molecular formula is C12H22N4O. The standard InChI is InChI=1S/C12H22N4O/c1-10(2)5-13-6-11-7-14-9-16(11)8-12(17)15(3)4/h7,9-10,13H,5-6,8H2,1-4H3. The third-order valence-corrected chi connectivity index (χ3v) is 2.46. The fourth-order valence-corrected chi connectivity index (χ4v) is 1.41. The predicted molar refractivity (Wildman–Crippen MR) is 67.5 cm³/mol. The average Bonchev–Trinajstić information content (AvgIpc) is 2.65. The largest absolute Gasteiger partial charge is 0.347 e. The molecule has 1 heterocycles. The highest BCUT2D eigenvalue weighted by Gasteiger charge is 2.08. The minimum atomic E-state index is 0.0770. The van der Waals surface area contributed by atoms with Crippen LogP contribution in [0.3, 0.4) is 0 Å². The van der Waals surface area contributed by atoms with E-state index < -0.39 is 0 Å². The number of aromatic nitrogens is 2. The Labute approximate surface area is 103 Å². The number of rotatable bonds is 6. The summed E-state index contributed by atoms with van der Waals surface area (Å²) in [4.78, 5) is 17.3. The van der Waals surface area contributed by atoms with E-state index in [-0.39, 0.29) is 5.91 Å². The van der Waals surface area contributed by atoms with Gasteiger partial charge in [-0.25, -0.2) is 4.98 Å². The SMILES string of the molecule is CC(C)CNCc1cncn1CC(=O)N(C)C. The smallest absolute Gasteiger partial charge is 0.242 e. The highest BCUT2D eigenvalue weighted by Crippen LogP contribution is 2.00. The Morgan fingerprint density at radius 3 is 2.82 bits per heavy atom. The summed E-state index contributed by atoms with van der Waals surface area (Å²) in [6.45, 7) is 6.40. The number of nitrogens with zero attached hydrogens (tertiary/aromatic N) is 3. The van der Waals surface area contributed by atoms with Gasteiger partial charge in [-0.15, -0.1) is 0 Å². The summed E-state index contributed by atoms with van der Waals surface area (Å²) >= 11 is 0. The molecule has 0 fully saturated rings. The molecule has 1 amide bonds. The lowest BCUT2D eigenvalue weighted by molar-refractivity contribution is -0.129. The van der Waals surface area contributed by atoms with Gasteiger partial charge in [0.25, 0.3) is 0 Å². The van der Waals surface area contributed by atoms with Gasteiger partial charge in [-0.2, -0.15) is 0 Å². The van der Waals surface area contributed by atoms with Crippen molar-refractivity contribution in [2.24, 2.45) is 5.92 Å². The first-order valence-electron chi connectivity index (χ1n) is 5.90. The predicted octanol–water partition coefficient (Wildman–Crippen LogP) is 0.717. The van der Waals surface area contributed by atoms with Gasteiger partial charge < -0.3 is 14.8 Å². The first-order chi connectivity index (χ1) is 8.00. The van der Waals surface area contributed by atoms with Crippen LogP contribution in [0.25, 0.3) is 0 Å². The van der Waals surface area contributed by atoms with Crippen LogP contribution in [-0.4, -0.2) is 41.0 Å². The van der Waals surface area contributed by atoms with Crippen LogP contribution in [0.2, 0.25) is 0 Å². The van der Waals surface area contributed by atoms with E-state index in [1.807, 2.05) is 4.57 Å². The van der Waals surface area contributed by atoms with Crippen molar-refractivity contribution in [1.82, 2.24) is 19.8 Å². The molecule has 1 aromatic heterocycles. The van der Waals surface area contributed by atoms with Gasteiger partial charge in [0.15, 0.2) is 0 Å². The quantitative estimate of drug-likeness (QED) is 0.794. The number of carbonyl (C=O) groups is 1. The second-order valence-electron chi connectivity index (χ2n) is 4.83. The zero-order chi connectivity index (χ0) is 12.8. The van der Waals surface area contributed by atoms with E-state index >= 15 is 0 Å². The molecule has 0 saturated carbocycles. The lowest BCUT2D eigenvalue weighted by atomic mass is 10.2. The summed E-state index contributed by atoms with van der Waals surface area (Å²) in [6, 6.07) is 0. The second kappa shape index (κ2) is 6.39. The highest BCUT2D eigenvalue weighted by molar-refractivity contribution is 5.75. The third kappa shape index (κ3) is 4.56. The summed E-state index contributed by atoms with van der Waals surface area (Å²) in [6.07, 6.45) is 3.50. The molecule has 0 aliphatic carbocycles. The number of amides is 1. The van der Waals surface area contributed by atoms with Crippen LogP contribution in [0.15, 0.2) is 12.5 Å². The van der Waals surface area contributed by atoms with E-state index in [1.54, 1.807) is 31.5 Å². The Morgan fingerprint density at radius 2 is 2.24 bits per heavy atom. The minimum absolute atomic E-state index is 0.0770. The maximum absolute atomic E-state index is 11.6. The van der Waals surface area contributed by atoms with Crippen LogP contribution in [0.5, 0.6) is 0 Å². The molecular weight excluding hydrogens is 216 g/mol. The van der Waals surface area contributed by atoms with Gasteiger partial charge in [0.2, 0.25) is 5.91 Å². The minimum Gasteiger partial charge on any atom is -0.347 e. The Morgan fingerprint density at radius 1 is 1.53 bits per heavy atom. The number of hydrogen-bond acceptors (Lipinski definition) is 3. The molecule has 96 valence electrons. The van der Waals surface area contributed by atoms with E-state index in [2.05, 4.69) is 24.1 Å². The molecule has 0 aromatic carbocycles. The van der Waals surface area contributed by atoms with Gasteiger partial charge in [-0.1, -0.05) is 13.8 Å². The number of imidazole rings is 1. The number of carbonyl (C=O) groups excluding carboxylic acids is 1. The average molecular weight is 238 g/mol. The molecule has 0 aliphatic heterocycles. The van der Waals surface area contributed by atoms with Crippen molar-refractivity contribution in [3.8, 4) is 0 Å². The summed E-state index contributed by atoms with van der Waals surface area (Å²) in [5.41, 5.74) is 1.04. The topological polar surface area (TPSA) is 50.2 Å². The van der Waals surface area contributed by atoms with E-state index in [0.29, 0.717) is 12.5 Å². The van der Waals surface area contributed by atoms with Crippen molar-refractivity contribution < 1.29 is 4.79 Å².